The lowest BCUT2D eigenvalue weighted by molar-refractivity contribution is 0.472. The topological polar surface area (TPSA) is 56.7 Å². The molecule has 13 heavy (non-hydrogen) atoms. The number of fused-ring (bicyclic) bond motifs is 1. The summed E-state index contributed by atoms with van der Waals surface area (Å²) in [6.45, 7) is 4.07. The first-order chi connectivity index (χ1) is 6.18. The lowest BCUT2D eigenvalue weighted by Gasteiger charge is -1.99. The van der Waals surface area contributed by atoms with Crippen LogP contribution in [0.4, 0.5) is 5.69 Å². The lowest BCUT2D eigenvalue weighted by Crippen LogP contribution is -2.04. The smallest absolute Gasteiger partial charge is 0.136 e. The molecule has 0 amide bonds. The summed E-state index contributed by atoms with van der Waals surface area (Å²) in [7, 11) is 0. The number of hydrogen-bond donors (Lipinski definition) is 1. The largest absolute Gasteiger partial charge is 0.397 e. The number of hydrogen-bond acceptors (Lipinski definition) is 3. The second-order valence-electron chi connectivity index (χ2n) is 3.33. The molecule has 0 radical (unpaired) electrons. The van der Waals surface area contributed by atoms with Gasteiger partial charge in [0.2, 0.25) is 0 Å². The third kappa shape index (κ3) is 1.24. The van der Waals surface area contributed by atoms with E-state index in [1.54, 1.807) is 4.80 Å². The van der Waals surface area contributed by atoms with Crippen molar-refractivity contribution in [1.29, 1.82) is 0 Å². The van der Waals surface area contributed by atoms with Gasteiger partial charge in [-0.05, 0) is 26.0 Å². The van der Waals surface area contributed by atoms with Crippen molar-refractivity contribution in [1.82, 2.24) is 15.0 Å². The molecule has 0 aliphatic rings. The number of nitrogens with zero attached hydrogens (tertiary/aromatic N) is 3. The zero-order valence-electron chi connectivity index (χ0n) is 7.73. The Hall–Kier alpha value is -1.58. The molecule has 0 bridgehead atoms. The van der Waals surface area contributed by atoms with Crippen molar-refractivity contribution in [2.24, 2.45) is 0 Å². The van der Waals surface area contributed by atoms with Crippen molar-refractivity contribution in [2.75, 3.05) is 5.73 Å². The summed E-state index contributed by atoms with van der Waals surface area (Å²) in [5, 5.41) is 8.59. The van der Waals surface area contributed by atoms with Gasteiger partial charge in [-0.15, -0.1) is 0 Å². The van der Waals surface area contributed by atoms with Gasteiger partial charge in [-0.1, -0.05) is 6.07 Å². The highest BCUT2D eigenvalue weighted by molar-refractivity contribution is 5.85. The van der Waals surface area contributed by atoms with Gasteiger partial charge in [0.25, 0.3) is 0 Å². The highest BCUT2D eigenvalue weighted by atomic mass is 15.5. The molecule has 0 saturated heterocycles. The lowest BCUT2D eigenvalue weighted by atomic mass is 10.3. The van der Waals surface area contributed by atoms with Crippen molar-refractivity contribution in [2.45, 2.75) is 19.9 Å². The maximum absolute atomic E-state index is 5.75. The SMILES string of the molecule is CC(C)n1nc2cccc(N)c2n1. The molecule has 4 nitrogen and oxygen atoms in total. The van der Waals surface area contributed by atoms with Crippen molar-refractivity contribution in [3.05, 3.63) is 18.2 Å². The Labute approximate surface area is 76.3 Å². The predicted molar refractivity (Wildman–Crippen MR) is 52.3 cm³/mol. The molecule has 0 aliphatic carbocycles. The van der Waals surface area contributed by atoms with E-state index < -0.39 is 0 Å². The van der Waals surface area contributed by atoms with Crippen LogP contribution in [0.3, 0.4) is 0 Å². The van der Waals surface area contributed by atoms with E-state index in [-0.39, 0.29) is 6.04 Å². The normalized spacial score (nSPS) is 11.3. The quantitative estimate of drug-likeness (QED) is 0.671. The summed E-state index contributed by atoms with van der Waals surface area (Å²) in [6.07, 6.45) is 0. The third-order valence-corrected chi connectivity index (χ3v) is 1.92. The van der Waals surface area contributed by atoms with Crippen molar-refractivity contribution < 1.29 is 0 Å². The number of aromatic nitrogens is 3. The van der Waals surface area contributed by atoms with Gasteiger partial charge in [0.05, 0.1) is 11.7 Å². The van der Waals surface area contributed by atoms with E-state index >= 15 is 0 Å². The Morgan fingerprint density at radius 3 is 2.69 bits per heavy atom. The van der Waals surface area contributed by atoms with Crippen LogP contribution < -0.4 is 5.73 Å². The average Bonchev–Trinajstić information content (AvgIpc) is 2.49. The van der Waals surface area contributed by atoms with E-state index in [1.807, 2.05) is 32.0 Å². The molecule has 0 fully saturated rings. The van der Waals surface area contributed by atoms with Crippen LogP contribution in [0.15, 0.2) is 18.2 Å². The van der Waals surface area contributed by atoms with Crippen molar-refractivity contribution >= 4 is 16.7 Å². The molecular formula is C9H12N4. The summed E-state index contributed by atoms with van der Waals surface area (Å²) in [5.74, 6) is 0. The average molecular weight is 176 g/mol. The maximum Gasteiger partial charge on any atom is 0.136 e. The Bertz CT molecular complexity index is 430. The molecule has 0 aliphatic heterocycles. The van der Waals surface area contributed by atoms with Crippen LogP contribution in [0, 0.1) is 0 Å². The molecular weight excluding hydrogens is 164 g/mol. The van der Waals surface area contributed by atoms with Crippen LogP contribution in [0.2, 0.25) is 0 Å². The van der Waals surface area contributed by atoms with Crippen LogP contribution in [0.5, 0.6) is 0 Å². The monoisotopic (exact) mass is 176 g/mol. The maximum atomic E-state index is 5.75. The van der Waals surface area contributed by atoms with Gasteiger partial charge in [0, 0.05) is 0 Å². The van der Waals surface area contributed by atoms with Gasteiger partial charge in [-0.25, -0.2) is 0 Å². The van der Waals surface area contributed by atoms with E-state index in [2.05, 4.69) is 10.2 Å². The molecule has 1 aromatic heterocycles. The first kappa shape index (κ1) is 8.04. The minimum Gasteiger partial charge on any atom is -0.397 e. The summed E-state index contributed by atoms with van der Waals surface area (Å²) in [6, 6.07) is 5.91. The van der Waals surface area contributed by atoms with Crippen LogP contribution in [-0.4, -0.2) is 15.0 Å². The molecule has 0 saturated carbocycles. The number of nitrogens with two attached hydrogens (primary N) is 1. The molecule has 1 heterocycles. The number of anilines is 1. The molecule has 4 heteroatoms. The number of benzene rings is 1. The Kier molecular flexibility index (Phi) is 1.69. The second-order valence-corrected chi connectivity index (χ2v) is 3.33. The summed E-state index contributed by atoms with van der Waals surface area (Å²) in [5.41, 5.74) is 8.08. The third-order valence-electron chi connectivity index (χ3n) is 1.92. The Morgan fingerprint density at radius 2 is 2.08 bits per heavy atom. The van der Waals surface area contributed by atoms with E-state index in [0.29, 0.717) is 5.69 Å². The van der Waals surface area contributed by atoms with E-state index in [4.69, 9.17) is 5.73 Å². The minimum absolute atomic E-state index is 0.270. The van der Waals surface area contributed by atoms with Gasteiger partial charge in [-0.3, -0.25) is 0 Å². The van der Waals surface area contributed by atoms with Crippen LogP contribution in [0.25, 0.3) is 11.0 Å². The zero-order chi connectivity index (χ0) is 9.42. The van der Waals surface area contributed by atoms with Crippen molar-refractivity contribution in [3.63, 3.8) is 0 Å². The fourth-order valence-corrected chi connectivity index (χ4v) is 1.20. The minimum atomic E-state index is 0.270. The predicted octanol–water partition coefficient (Wildman–Crippen LogP) is 1.59. The molecule has 2 aromatic rings. The molecule has 68 valence electrons. The molecule has 0 atom stereocenters. The summed E-state index contributed by atoms with van der Waals surface area (Å²) < 4.78 is 0. The van der Waals surface area contributed by atoms with E-state index in [9.17, 15) is 0 Å². The van der Waals surface area contributed by atoms with Crippen molar-refractivity contribution in [3.8, 4) is 0 Å². The highest BCUT2D eigenvalue weighted by Gasteiger charge is 2.06. The standard InChI is InChI=1S/C9H12N4/c1-6(2)13-11-8-5-3-4-7(10)9(8)12-13/h3-6H,10H2,1-2H3. The fraction of sp³-hybridized carbons (Fsp3) is 0.333. The fourth-order valence-electron chi connectivity index (χ4n) is 1.20. The molecule has 0 unspecified atom stereocenters. The molecule has 2 N–H and O–H groups in total. The highest BCUT2D eigenvalue weighted by Crippen LogP contribution is 2.17. The van der Waals surface area contributed by atoms with Gasteiger partial charge < -0.3 is 5.73 Å². The summed E-state index contributed by atoms with van der Waals surface area (Å²) in [4.78, 5) is 1.68. The number of rotatable bonds is 1. The van der Waals surface area contributed by atoms with Gasteiger partial charge in [-0.2, -0.15) is 15.0 Å². The Morgan fingerprint density at radius 1 is 1.31 bits per heavy atom. The first-order valence-electron chi connectivity index (χ1n) is 4.29. The second kappa shape index (κ2) is 2.73. The van der Waals surface area contributed by atoms with Crippen LogP contribution >= 0.6 is 0 Å². The molecule has 2 rings (SSSR count). The summed E-state index contributed by atoms with van der Waals surface area (Å²) >= 11 is 0. The van der Waals surface area contributed by atoms with Gasteiger partial charge in [0.15, 0.2) is 0 Å². The first-order valence-corrected chi connectivity index (χ1v) is 4.29. The molecule has 1 aromatic carbocycles. The van der Waals surface area contributed by atoms with Gasteiger partial charge in [0.1, 0.15) is 11.0 Å². The Balaban J connectivity index is 2.68. The van der Waals surface area contributed by atoms with E-state index in [0.717, 1.165) is 11.0 Å². The number of nitrogen functional groups attached to an aromatic ring is 1. The van der Waals surface area contributed by atoms with Crippen LogP contribution in [-0.2, 0) is 0 Å². The van der Waals surface area contributed by atoms with Crippen LogP contribution in [0.1, 0.15) is 19.9 Å². The molecule has 0 spiro atoms. The zero-order valence-corrected chi connectivity index (χ0v) is 7.73. The van der Waals surface area contributed by atoms with Gasteiger partial charge >= 0.3 is 0 Å². The van der Waals surface area contributed by atoms with E-state index in [1.165, 1.54) is 0 Å².